The fourth-order valence-electron chi connectivity index (χ4n) is 6.06. The first-order valence-electron chi connectivity index (χ1n) is 21.9. The van der Waals surface area contributed by atoms with Crippen LogP contribution in [-0.4, -0.2) is 68.5 Å². The zero-order chi connectivity index (χ0) is 39.3. The Labute approximate surface area is 327 Å². The Balaban J connectivity index is 4.48. The molecular weight excluding hydrogens is 683 g/mol. The van der Waals surface area contributed by atoms with E-state index in [2.05, 4.69) is 43.5 Å². The lowest BCUT2D eigenvalue weighted by Crippen LogP contribution is -2.45. The second kappa shape index (κ2) is 36.4. The molecule has 1 unspecified atom stereocenters. The van der Waals surface area contributed by atoms with Gasteiger partial charge in [-0.2, -0.15) is 0 Å². The topological polar surface area (TPSA) is 108 Å². The molecule has 0 saturated carbocycles. The first kappa shape index (κ1) is 51.7. The van der Waals surface area contributed by atoms with Gasteiger partial charge in [-0.05, 0) is 51.4 Å². The van der Waals surface area contributed by atoms with Gasteiger partial charge in [-0.1, -0.05) is 166 Å². The summed E-state index contributed by atoms with van der Waals surface area (Å²) >= 11 is 0. The second-order valence-corrected chi connectivity index (χ2v) is 17.5. The summed E-state index contributed by atoms with van der Waals surface area (Å²) in [4.78, 5) is 25.3. The van der Waals surface area contributed by atoms with E-state index < -0.39 is 20.0 Å². The van der Waals surface area contributed by atoms with Crippen LogP contribution >= 0.6 is 7.82 Å². The molecule has 0 fully saturated rings. The number of hydrogen-bond donors (Lipinski definition) is 2. The molecule has 2 N–H and O–H groups in total. The Bertz CT molecular complexity index is 964. The number of unbranched alkanes of at least 4 members (excludes halogenated alkanes) is 22. The number of quaternary nitrogens is 1. The zero-order valence-corrected chi connectivity index (χ0v) is 36.1. The Hall–Kier alpha value is -1.28. The van der Waals surface area contributed by atoms with Gasteiger partial charge in [0, 0.05) is 6.42 Å². The average molecular weight is 769 g/mol. The molecule has 8 nitrogen and oxygen atoms in total. The Morgan fingerprint density at radius 1 is 0.660 bits per heavy atom. The van der Waals surface area contributed by atoms with Gasteiger partial charge >= 0.3 is 0 Å². The van der Waals surface area contributed by atoms with Crippen molar-refractivity contribution in [1.82, 2.24) is 5.32 Å². The highest BCUT2D eigenvalue weighted by Crippen LogP contribution is 2.38. The smallest absolute Gasteiger partial charge is 0.268 e. The molecule has 0 rings (SSSR count). The highest BCUT2D eigenvalue weighted by atomic mass is 31.2. The number of amides is 1. The van der Waals surface area contributed by atoms with E-state index in [1.165, 1.54) is 103 Å². The van der Waals surface area contributed by atoms with Crippen molar-refractivity contribution in [2.24, 2.45) is 0 Å². The van der Waals surface area contributed by atoms with Crippen LogP contribution in [0.3, 0.4) is 0 Å². The highest BCUT2D eigenvalue weighted by molar-refractivity contribution is 7.45. The number of phosphoric acid groups is 1. The lowest BCUT2D eigenvalue weighted by Gasteiger charge is -2.29. The number of hydrogen-bond acceptors (Lipinski definition) is 6. The normalized spacial score (nSPS) is 14.8. The molecule has 0 aliphatic heterocycles. The Morgan fingerprint density at radius 3 is 1.60 bits per heavy atom. The number of likely N-dealkylation sites (N-methyl/N-ethyl adjacent to an activating group) is 1. The van der Waals surface area contributed by atoms with Gasteiger partial charge in [-0.25, -0.2) is 0 Å². The number of phosphoric ester groups is 1. The van der Waals surface area contributed by atoms with E-state index in [-0.39, 0.29) is 19.1 Å². The van der Waals surface area contributed by atoms with E-state index >= 15 is 0 Å². The number of allylic oxidation sites excluding steroid dienone is 5. The molecule has 0 heterocycles. The maximum atomic E-state index is 12.8. The fraction of sp³-hybridized carbons (Fsp3) is 0.841. The van der Waals surface area contributed by atoms with E-state index in [4.69, 9.17) is 9.05 Å². The van der Waals surface area contributed by atoms with E-state index in [0.29, 0.717) is 17.4 Å². The fourth-order valence-corrected chi connectivity index (χ4v) is 6.79. The highest BCUT2D eigenvalue weighted by Gasteiger charge is 2.23. The maximum absolute atomic E-state index is 12.8. The van der Waals surface area contributed by atoms with E-state index in [9.17, 15) is 19.4 Å². The first-order chi connectivity index (χ1) is 25.5. The second-order valence-electron chi connectivity index (χ2n) is 16.0. The van der Waals surface area contributed by atoms with Gasteiger partial charge < -0.3 is 28.8 Å². The summed E-state index contributed by atoms with van der Waals surface area (Å²) in [5.74, 6) is -0.213. The van der Waals surface area contributed by atoms with Crippen LogP contribution in [0.15, 0.2) is 36.5 Å². The predicted octanol–water partition coefficient (Wildman–Crippen LogP) is 11.3. The van der Waals surface area contributed by atoms with Crippen molar-refractivity contribution in [3.05, 3.63) is 36.5 Å². The molecule has 0 saturated heterocycles. The minimum absolute atomic E-state index is 0.00419. The summed E-state index contributed by atoms with van der Waals surface area (Å²) in [6.45, 7) is 4.60. The minimum atomic E-state index is -4.59. The number of aliphatic hydroxyl groups is 1. The monoisotopic (exact) mass is 769 g/mol. The molecule has 3 atom stereocenters. The SMILES string of the molecule is CCCCC/C=C/C/C=C/CCCCCCCC(=O)N[C@@H](COP(=O)([O-])OCC[N+](C)(C)C)[C@H](O)/C=C/CCCCCCCCCCCCCCCC. The molecule has 0 aromatic heterocycles. The van der Waals surface area contributed by atoms with Crippen molar-refractivity contribution >= 4 is 13.7 Å². The van der Waals surface area contributed by atoms with Crippen molar-refractivity contribution in [2.45, 2.75) is 199 Å². The summed E-state index contributed by atoms with van der Waals surface area (Å²) < 4.78 is 23.2. The van der Waals surface area contributed by atoms with Gasteiger partial charge in [-0.15, -0.1) is 0 Å². The van der Waals surface area contributed by atoms with Crippen LogP contribution in [0.2, 0.25) is 0 Å². The predicted molar refractivity (Wildman–Crippen MR) is 224 cm³/mol. The van der Waals surface area contributed by atoms with Gasteiger partial charge in [0.15, 0.2) is 0 Å². The van der Waals surface area contributed by atoms with Crippen LogP contribution in [0.1, 0.15) is 187 Å². The molecule has 0 aromatic carbocycles. The average Bonchev–Trinajstić information content (AvgIpc) is 3.10. The van der Waals surface area contributed by atoms with Crippen molar-refractivity contribution in [3.63, 3.8) is 0 Å². The van der Waals surface area contributed by atoms with Gasteiger partial charge in [0.1, 0.15) is 13.2 Å². The third-order valence-electron chi connectivity index (χ3n) is 9.59. The van der Waals surface area contributed by atoms with Gasteiger partial charge in [-0.3, -0.25) is 9.36 Å². The van der Waals surface area contributed by atoms with Crippen LogP contribution in [-0.2, 0) is 18.4 Å². The lowest BCUT2D eigenvalue weighted by atomic mass is 10.0. The van der Waals surface area contributed by atoms with Gasteiger partial charge in [0.25, 0.3) is 7.82 Å². The molecule has 1 amide bonds. The quantitative estimate of drug-likeness (QED) is 0.0279. The summed E-state index contributed by atoms with van der Waals surface area (Å²) in [6.07, 6.45) is 43.2. The molecular formula is C44H85N2O6P. The molecule has 53 heavy (non-hydrogen) atoms. The standard InChI is InChI=1S/C44H85N2O6P/c1-6-8-10-12-14-16-18-20-22-24-25-27-29-31-33-35-37-43(47)42(41-52-53(49,50)51-40-39-46(3,4)5)45-44(48)38-36-34-32-30-28-26-23-21-19-17-15-13-11-9-7-2/h15,17,21,23,35,37,42-43,47H,6-14,16,18-20,22,24-34,36,38-41H2,1-5H3,(H-,45,48,49,50)/b17-15+,23-21+,37-35+/t42-,43+/m0/s1. The molecule has 0 aliphatic carbocycles. The Morgan fingerprint density at radius 2 is 1.09 bits per heavy atom. The zero-order valence-electron chi connectivity index (χ0n) is 35.2. The third-order valence-corrected chi connectivity index (χ3v) is 10.6. The lowest BCUT2D eigenvalue weighted by molar-refractivity contribution is -0.870. The van der Waals surface area contributed by atoms with Gasteiger partial charge in [0.2, 0.25) is 5.91 Å². The van der Waals surface area contributed by atoms with Crippen LogP contribution in [0.25, 0.3) is 0 Å². The molecule has 0 bridgehead atoms. The van der Waals surface area contributed by atoms with Crippen LogP contribution in [0, 0.1) is 0 Å². The van der Waals surface area contributed by atoms with Crippen molar-refractivity contribution in [3.8, 4) is 0 Å². The summed E-state index contributed by atoms with van der Waals surface area (Å²) in [5, 5.41) is 13.8. The van der Waals surface area contributed by atoms with E-state index in [1.807, 2.05) is 27.2 Å². The molecule has 312 valence electrons. The van der Waals surface area contributed by atoms with Crippen LogP contribution < -0.4 is 10.2 Å². The largest absolute Gasteiger partial charge is 0.756 e. The minimum Gasteiger partial charge on any atom is -0.756 e. The van der Waals surface area contributed by atoms with Crippen molar-refractivity contribution in [2.75, 3.05) is 40.9 Å². The maximum Gasteiger partial charge on any atom is 0.268 e. The first-order valence-corrected chi connectivity index (χ1v) is 23.3. The van der Waals surface area contributed by atoms with Crippen molar-refractivity contribution < 1.29 is 32.9 Å². The van der Waals surface area contributed by atoms with Crippen LogP contribution in [0.5, 0.6) is 0 Å². The van der Waals surface area contributed by atoms with E-state index in [1.54, 1.807) is 6.08 Å². The van der Waals surface area contributed by atoms with Crippen LogP contribution in [0.4, 0.5) is 0 Å². The Kier molecular flexibility index (Phi) is 35.5. The number of aliphatic hydroxyl groups excluding tert-OH is 1. The molecule has 0 spiro atoms. The third kappa shape index (κ3) is 38.8. The number of carbonyl (C=O) groups is 1. The number of carbonyl (C=O) groups excluding carboxylic acids is 1. The summed E-state index contributed by atoms with van der Waals surface area (Å²) in [6, 6.07) is -0.891. The molecule has 0 radical (unpaired) electrons. The van der Waals surface area contributed by atoms with E-state index in [0.717, 1.165) is 64.2 Å². The number of nitrogens with zero attached hydrogens (tertiary/aromatic N) is 1. The number of nitrogens with one attached hydrogen (secondary N) is 1. The summed E-state index contributed by atoms with van der Waals surface area (Å²) in [7, 11) is 1.25. The molecule has 0 aromatic rings. The molecule has 9 heteroatoms. The number of rotatable bonds is 39. The van der Waals surface area contributed by atoms with Crippen molar-refractivity contribution in [1.29, 1.82) is 0 Å². The summed E-state index contributed by atoms with van der Waals surface area (Å²) in [5.41, 5.74) is 0. The molecule has 0 aliphatic rings. The van der Waals surface area contributed by atoms with Gasteiger partial charge in [0.05, 0.1) is 39.9 Å².